The fourth-order valence-electron chi connectivity index (χ4n) is 1.63. The van der Waals surface area contributed by atoms with Gasteiger partial charge in [0, 0.05) is 24.5 Å². The Morgan fingerprint density at radius 2 is 2.10 bits per heavy atom. The minimum atomic E-state index is -3.72. The number of aromatic nitrogens is 1. The van der Waals surface area contributed by atoms with Gasteiger partial charge >= 0.3 is 0 Å². The van der Waals surface area contributed by atoms with Gasteiger partial charge in [0.25, 0.3) is 0 Å². The molecule has 1 aromatic carbocycles. The van der Waals surface area contributed by atoms with Crippen molar-refractivity contribution in [3.05, 3.63) is 47.1 Å². The summed E-state index contributed by atoms with van der Waals surface area (Å²) >= 11 is 5.91. The minimum absolute atomic E-state index is 0.0140. The maximum absolute atomic E-state index is 12.2. The van der Waals surface area contributed by atoms with E-state index in [-0.39, 0.29) is 16.5 Å². The van der Waals surface area contributed by atoms with Crippen molar-refractivity contribution in [2.24, 2.45) is 0 Å². The first-order valence-corrected chi connectivity index (χ1v) is 7.82. The Hall–Kier alpha value is -1.83. The van der Waals surface area contributed by atoms with Crippen LogP contribution in [0.25, 0.3) is 0 Å². The Morgan fingerprint density at radius 3 is 2.67 bits per heavy atom. The second kappa shape index (κ2) is 6.30. The SMILES string of the molecule is COc1ccc(CNS(=O)(=O)c2ccc(N)cc2Cl)cn1. The van der Waals surface area contributed by atoms with E-state index < -0.39 is 10.0 Å². The molecule has 2 aromatic rings. The number of sulfonamides is 1. The number of halogens is 1. The van der Waals surface area contributed by atoms with Gasteiger partial charge in [0.05, 0.1) is 12.1 Å². The number of anilines is 1. The molecular weight excluding hydrogens is 314 g/mol. The quantitative estimate of drug-likeness (QED) is 0.817. The van der Waals surface area contributed by atoms with E-state index in [0.29, 0.717) is 17.1 Å². The molecule has 0 unspecified atom stereocenters. The van der Waals surface area contributed by atoms with Gasteiger partial charge in [0.15, 0.2) is 0 Å². The zero-order valence-corrected chi connectivity index (χ0v) is 12.8. The highest BCUT2D eigenvalue weighted by Gasteiger charge is 2.17. The lowest BCUT2D eigenvalue weighted by atomic mass is 10.3. The Morgan fingerprint density at radius 1 is 1.33 bits per heavy atom. The third kappa shape index (κ3) is 3.84. The lowest BCUT2D eigenvalue weighted by Crippen LogP contribution is -2.23. The topological polar surface area (TPSA) is 94.3 Å². The lowest BCUT2D eigenvalue weighted by Gasteiger charge is -2.09. The smallest absolute Gasteiger partial charge is 0.242 e. The zero-order valence-electron chi connectivity index (χ0n) is 11.2. The van der Waals surface area contributed by atoms with Crippen LogP contribution in [0.3, 0.4) is 0 Å². The molecule has 0 aliphatic heterocycles. The van der Waals surface area contributed by atoms with Crippen LogP contribution in [-0.4, -0.2) is 20.5 Å². The predicted molar refractivity (Wildman–Crippen MR) is 80.7 cm³/mol. The predicted octanol–water partition coefficient (Wildman–Crippen LogP) is 1.80. The number of nitrogens with zero attached hydrogens (tertiary/aromatic N) is 1. The van der Waals surface area contributed by atoms with Gasteiger partial charge < -0.3 is 10.5 Å². The van der Waals surface area contributed by atoms with E-state index in [1.807, 2.05) is 0 Å². The normalized spacial score (nSPS) is 11.3. The van der Waals surface area contributed by atoms with Gasteiger partial charge in [-0.1, -0.05) is 17.7 Å². The Kier molecular flexibility index (Phi) is 4.66. The zero-order chi connectivity index (χ0) is 15.5. The van der Waals surface area contributed by atoms with Crippen molar-refractivity contribution in [3.8, 4) is 5.88 Å². The molecule has 0 atom stereocenters. The Labute approximate surface area is 128 Å². The van der Waals surface area contributed by atoms with Crippen LogP contribution >= 0.6 is 11.6 Å². The summed E-state index contributed by atoms with van der Waals surface area (Å²) in [6.07, 6.45) is 1.53. The highest BCUT2D eigenvalue weighted by molar-refractivity contribution is 7.89. The molecule has 0 fully saturated rings. The van der Waals surface area contributed by atoms with Crippen LogP contribution in [0.2, 0.25) is 5.02 Å². The van der Waals surface area contributed by atoms with Crippen LogP contribution in [0, 0.1) is 0 Å². The molecule has 0 amide bonds. The standard InChI is InChI=1S/C13H14ClN3O3S/c1-20-13-5-2-9(7-16-13)8-17-21(18,19)12-4-3-10(15)6-11(12)14/h2-7,17H,8,15H2,1H3. The van der Waals surface area contributed by atoms with Gasteiger partial charge in [-0.25, -0.2) is 18.1 Å². The van der Waals surface area contributed by atoms with Gasteiger partial charge in [-0.15, -0.1) is 0 Å². The molecule has 0 aliphatic rings. The van der Waals surface area contributed by atoms with Gasteiger partial charge in [-0.2, -0.15) is 0 Å². The summed E-state index contributed by atoms with van der Waals surface area (Å²) in [6, 6.07) is 7.62. The van der Waals surface area contributed by atoms with Crippen molar-refractivity contribution in [2.75, 3.05) is 12.8 Å². The van der Waals surface area contributed by atoms with Crippen LogP contribution in [0.4, 0.5) is 5.69 Å². The number of benzene rings is 1. The summed E-state index contributed by atoms with van der Waals surface area (Å²) in [5, 5.41) is 0.0790. The molecule has 112 valence electrons. The summed E-state index contributed by atoms with van der Waals surface area (Å²) in [5.74, 6) is 0.461. The maximum Gasteiger partial charge on any atom is 0.242 e. The Bertz CT molecular complexity index is 733. The van der Waals surface area contributed by atoms with Crippen molar-refractivity contribution in [1.29, 1.82) is 0 Å². The van der Waals surface area contributed by atoms with Gasteiger partial charge in [0.1, 0.15) is 4.90 Å². The van der Waals surface area contributed by atoms with E-state index in [4.69, 9.17) is 22.1 Å². The van der Waals surface area contributed by atoms with Gasteiger partial charge in [-0.3, -0.25) is 0 Å². The molecule has 3 N–H and O–H groups in total. The fraction of sp³-hybridized carbons (Fsp3) is 0.154. The van der Waals surface area contributed by atoms with Crippen molar-refractivity contribution >= 4 is 27.3 Å². The van der Waals surface area contributed by atoms with Crippen LogP contribution in [-0.2, 0) is 16.6 Å². The lowest BCUT2D eigenvalue weighted by molar-refractivity contribution is 0.397. The molecule has 0 aliphatic carbocycles. The average molecular weight is 328 g/mol. The first kappa shape index (κ1) is 15.6. The van der Waals surface area contributed by atoms with Crippen molar-refractivity contribution < 1.29 is 13.2 Å². The van der Waals surface area contributed by atoms with E-state index in [2.05, 4.69) is 9.71 Å². The number of pyridine rings is 1. The number of methoxy groups -OCH3 is 1. The van der Waals surface area contributed by atoms with Crippen LogP contribution < -0.4 is 15.2 Å². The average Bonchev–Trinajstić information content (AvgIpc) is 2.45. The van der Waals surface area contributed by atoms with E-state index in [1.54, 1.807) is 12.1 Å². The second-order valence-electron chi connectivity index (χ2n) is 4.22. The van der Waals surface area contributed by atoms with E-state index in [1.165, 1.54) is 31.5 Å². The van der Waals surface area contributed by atoms with Crippen molar-refractivity contribution in [1.82, 2.24) is 9.71 Å². The van der Waals surface area contributed by atoms with Crippen molar-refractivity contribution in [2.45, 2.75) is 11.4 Å². The molecule has 1 heterocycles. The molecule has 0 spiro atoms. The third-order valence-electron chi connectivity index (χ3n) is 2.72. The number of ether oxygens (including phenoxy) is 1. The van der Waals surface area contributed by atoms with Crippen LogP contribution in [0.5, 0.6) is 5.88 Å². The number of nitrogen functional groups attached to an aromatic ring is 1. The molecule has 0 saturated heterocycles. The summed E-state index contributed by atoms with van der Waals surface area (Å²) in [6.45, 7) is 0.0973. The molecule has 0 radical (unpaired) electrons. The van der Waals surface area contributed by atoms with Gasteiger partial charge in [0.2, 0.25) is 15.9 Å². The monoisotopic (exact) mass is 327 g/mol. The highest BCUT2D eigenvalue weighted by atomic mass is 35.5. The number of nitrogens with one attached hydrogen (secondary N) is 1. The molecule has 0 saturated carbocycles. The van der Waals surface area contributed by atoms with Crippen LogP contribution in [0.1, 0.15) is 5.56 Å². The third-order valence-corrected chi connectivity index (χ3v) is 4.60. The summed E-state index contributed by atoms with van der Waals surface area (Å²) in [7, 11) is -2.21. The fourth-order valence-corrected chi connectivity index (χ4v) is 3.20. The Balaban J connectivity index is 2.13. The number of nitrogens with two attached hydrogens (primary N) is 1. The summed E-state index contributed by atoms with van der Waals surface area (Å²) in [5.41, 5.74) is 6.64. The largest absolute Gasteiger partial charge is 0.481 e. The first-order chi connectivity index (χ1) is 9.92. The number of hydrogen-bond donors (Lipinski definition) is 2. The molecule has 21 heavy (non-hydrogen) atoms. The number of rotatable bonds is 5. The minimum Gasteiger partial charge on any atom is -0.481 e. The molecular formula is C13H14ClN3O3S. The van der Waals surface area contributed by atoms with Crippen molar-refractivity contribution in [3.63, 3.8) is 0 Å². The van der Waals surface area contributed by atoms with E-state index in [9.17, 15) is 8.42 Å². The van der Waals surface area contributed by atoms with E-state index >= 15 is 0 Å². The number of hydrogen-bond acceptors (Lipinski definition) is 5. The molecule has 6 nitrogen and oxygen atoms in total. The molecule has 0 bridgehead atoms. The first-order valence-electron chi connectivity index (χ1n) is 5.96. The second-order valence-corrected chi connectivity index (χ2v) is 6.37. The molecule has 1 aromatic heterocycles. The highest BCUT2D eigenvalue weighted by Crippen LogP contribution is 2.23. The van der Waals surface area contributed by atoms with Gasteiger partial charge in [-0.05, 0) is 23.8 Å². The maximum atomic E-state index is 12.2. The summed E-state index contributed by atoms with van der Waals surface area (Å²) in [4.78, 5) is 3.99. The summed E-state index contributed by atoms with van der Waals surface area (Å²) < 4.78 is 31.7. The molecule has 8 heteroatoms. The van der Waals surface area contributed by atoms with Crippen LogP contribution in [0.15, 0.2) is 41.4 Å². The molecule has 2 rings (SSSR count). The van der Waals surface area contributed by atoms with E-state index in [0.717, 1.165) is 0 Å².